The second-order valence-electron chi connectivity index (χ2n) is 2.69. The Labute approximate surface area is 84.6 Å². The third-order valence-electron chi connectivity index (χ3n) is 1.50. The molecule has 2 nitrogen and oxygen atoms in total. The highest BCUT2D eigenvalue weighted by Gasteiger charge is 2.30. The number of hydrogen-bond donors (Lipinski definition) is 0. The number of benzene rings is 1. The molecular weight excluding hydrogens is 209 g/mol. The fourth-order valence-electron chi connectivity index (χ4n) is 1.000. The lowest BCUT2D eigenvalue weighted by molar-refractivity contribution is -0.274. The van der Waals surface area contributed by atoms with Crippen molar-refractivity contribution in [1.29, 1.82) is 0 Å². The third-order valence-corrected chi connectivity index (χ3v) is 1.50. The highest BCUT2D eigenvalue weighted by atomic mass is 19.4. The molecule has 0 bridgehead atoms. The number of ether oxygens (including phenoxy) is 1. The molecule has 0 saturated carbocycles. The van der Waals surface area contributed by atoms with Crippen LogP contribution in [-0.2, 0) is 5.11 Å². The van der Waals surface area contributed by atoms with Crippen molar-refractivity contribution in [2.24, 2.45) is 0 Å². The number of alkyl halides is 3. The van der Waals surface area contributed by atoms with Gasteiger partial charge in [0, 0.05) is 0 Å². The summed E-state index contributed by atoms with van der Waals surface area (Å²) in [7, 11) is 0. The smallest absolute Gasteiger partial charge is 0.406 e. The van der Waals surface area contributed by atoms with Gasteiger partial charge in [0.1, 0.15) is 12.4 Å². The van der Waals surface area contributed by atoms with Crippen LogP contribution in [0.4, 0.5) is 13.2 Å². The molecule has 1 rings (SSSR count). The van der Waals surface area contributed by atoms with Crippen molar-refractivity contribution in [3.63, 3.8) is 0 Å². The fourth-order valence-corrected chi connectivity index (χ4v) is 1.000. The lowest BCUT2D eigenvalue weighted by atomic mass is 10.2. The SMILES string of the molecule is [O]C/C=C/c1cccc(OC(F)(F)F)c1. The molecule has 0 amide bonds. The van der Waals surface area contributed by atoms with Gasteiger partial charge in [-0.25, -0.2) is 5.11 Å². The van der Waals surface area contributed by atoms with E-state index in [1.165, 1.54) is 30.4 Å². The molecular formula is C10H8F3O2. The average Bonchev–Trinajstić information content (AvgIpc) is 2.12. The van der Waals surface area contributed by atoms with Crippen LogP contribution >= 0.6 is 0 Å². The second kappa shape index (κ2) is 4.84. The van der Waals surface area contributed by atoms with Crippen LogP contribution in [0.5, 0.6) is 5.75 Å². The average molecular weight is 217 g/mol. The molecule has 1 radical (unpaired) electrons. The number of halogens is 3. The van der Waals surface area contributed by atoms with Crippen molar-refractivity contribution in [3.8, 4) is 5.75 Å². The van der Waals surface area contributed by atoms with Crippen LogP contribution in [0.3, 0.4) is 0 Å². The van der Waals surface area contributed by atoms with Crippen LogP contribution in [-0.4, -0.2) is 13.0 Å². The first-order valence-corrected chi connectivity index (χ1v) is 4.12. The largest absolute Gasteiger partial charge is 0.573 e. The van der Waals surface area contributed by atoms with Gasteiger partial charge in [0.2, 0.25) is 0 Å². The predicted octanol–water partition coefficient (Wildman–Crippen LogP) is 3.03. The van der Waals surface area contributed by atoms with Crippen LogP contribution in [0.15, 0.2) is 30.3 Å². The molecule has 15 heavy (non-hydrogen) atoms. The predicted molar refractivity (Wildman–Crippen MR) is 47.7 cm³/mol. The minimum Gasteiger partial charge on any atom is -0.406 e. The summed E-state index contributed by atoms with van der Waals surface area (Å²) in [6.45, 7) is -0.412. The minimum atomic E-state index is -4.69. The van der Waals surface area contributed by atoms with Crippen molar-refractivity contribution >= 4 is 6.08 Å². The highest BCUT2D eigenvalue weighted by molar-refractivity contribution is 5.51. The molecule has 0 aliphatic rings. The fraction of sp³-hybridized carbons (Fsp3) is 0.200. The molecule has 81 valence electrons. The lowest BCUT2D eigenvalue weighted by Gasteiger charge is -2.08. The molecule has 0 atom stereocenters. The van der Waals surface area contributed by atoms with Gasteiger partial charge >= 0.3 is 6.36 Å². The van der Waals surface area contributed by atoms with Gasteiger partial charge in [-0.05, 0) is 17.7 Å². The monoisotopic (exact) mass is 217 g/mol. The molecule has 0 aromatic heterocycles. The Morgan fingerprint density at radius 3 is 2.67 bits per heavy atom. The van der Waals surface area contributed by atoms with Crippen molar-refractivity contribution in [2.75, 3.05) is 6.61 Å². The van der Waals surface area contributed by atoms with Gasteiger partial charge in [-0.1, -0.05) is 24.3 Å². The molecule has 0 spiro atoms. The van der Waals surface area contributed by atoms with E-state index in [-0.39, 0.29) is 5.75 Å². The van der Waals surface area contributed by atoms with E-state index in [0.29, 0.717) is 5.56 Å². The maximum absolute atomic E-state index is 11.8. The van der Waals surface area contributed by atoms with E-state index in [0.717, 1.165) is 0 Å². The van der Waals surface area contributed by atoms with E-state index in [1.807, 2.05) is 0 Å². The summed E-state index contributed by atoms with van der Waals surface area (Å²) in [5, 5.41) is 10.1. The van der Waals surface area contributed by atoms with Crippen LogP contribution in [0, 0.1) is 0 Å². The van der Waals surface area contributed by atoms with Crippen LogP contribution in [0.1, 0.15) is 5.56 Å². The van der Waals surface area contributed by atoms with E-state index >= 15 is 0 Å². The molecule has 0 saturated heterocycles. The normalized spacial score (nSPS) is 12.0. The van der Waals surface area contributed by atoms with Crippen LogP contribution in [0.25, 0.3) is 6.08 Å². The van der Waals surface area contributed by atoms with Crippen LogP contribution in [0.2, 0.25) is 0 Å². The summed E-state index contributed by atoms with van der Waals surface area (Å²) in [5.74, 6) is -0.296. The van der Waals surface area contributed by atoms with Crippen molar-refractivity contribution < 1.29 is 23.0 Å². The molecule has 1 aromatic rings. The maximum atomic E-state index is 11.8. The van der Waals surface area contributed by atoms with Gasteiger partial charge in [-0.15, -0.1) is 13.2 Å². The van der Waals surface area contributed by atoms with E-state index in [9.17, 15) is 18.3 Å². The molecule has 0 N–H and O–H groups in total. The summed E-state index contributed by atoms with van der Waals surface area (Å²) >= 11 is 0. The van der Waals surface area contributed by atoms with E-state index in [2.05, 4.69) is 4.74 Å². The van der Waals surface area contributed by atoms with Crippen molar-refractivity contribution in [3.05, 3.63) is 35.9 Å². The lowest BCUT2D eigenvalue weighted by Crippen LogP contribution is -2.17. The number of hydrogen-bond acceptors (Lipinski definition) is 1. The maximum Gasteiger partial charge on any atom is 0.573 e. The van der Waals surface area contributed by atoms with Gasteiger partial charge in [0.15, 0.2) is 0 Å². The zero-order valence-corrected chi connectivity index (χ0v) is 7.62. The zero-order chi connectivity index (χ0) is 11.3. The van der Waals surface area contributed by atoms with E-state index in [4.69, 9.17) is 0 Å². The van der Waals surface area contributed by atoms with Crippen molar-refractivity contribution in [1.82, 2.24) is 0 Å². The van der Waals surface area contributed by atoms with Crippen LogP contribution < -0.4 is 4.74 Å². The molecule has 0 unspecified atom stereocenters. The standard InChI is InChI=1S/C10H8F3O2/c11-10(12,13)15-9-5-1-3-8(7-9)4-2-6-14/h1-5,7H,6H2/b4-2+. The summed E-state index contributed by atoms with van der Waals surface area (Å²) < 4.78 is 39.2. The van der Waals surface area contributed by atoms with Gasteiger partial charge in [-0.2, -0.15) is 0 Å². The van der Waals surface area contributed by atoms with E-state index in [1.54, 1.807) is 6.07 Å². The second-order valence-corrected chi connectivity index (χ2v) is 2.69. The van der Waals surface area contributed by atoms with Gasteiger partial charge in [0.05, 0.1) is 0 Å². The Morgan fingerprint density at radius 1 is 1.33 bits per heavy atom. The first-order valence-electron chi connectivity index (χ1n) is 4.12. The molecule has 0 heterocycles. The van der Waals surface area contributed by atoms with Gasteiger partial charge in [-0.3, -0.25) is 0 Å². The number of rotatable bonds is 3. The Balaban J connectivity index is 2.79. The zero-order valence-electron chi connectivity index (χ0n) is 7.62. The Kier molecular flexibility index (Phi) is 3.74. The molecule has 0 fully saturated rings. The summed E-state index contributed by atoms with van der Waals surface area (Å²) in [4.78, 5) is 0. The molecule has 0 aliphatic heterocycles. The molecule has 1 aromatic carbocycles. The highest BCUT2D eigenvalue weighted by Crippen LogP contribution is 2.23. The quantitative estimate of drug-likeness (QED) is 0.765. The first-order chi connectivity index (χ1) is 7.01. The van der Waals surface area contributed by atoms with Crippen molar-refractivity contribution in [2.45, 2.75) is 6.36 Å². The topological polar surface area (TPSA) is 29.1 Å². The molecule has 0 aliphatic carbocycles. The van der Waals surface area contributed by atoms with Gasteiger partial charge < -0.3 is 4.74 Å². The summed E-state index contributed by atoms with van der Waals surface area (Å²) in [5.41, 5.74) is 0.493. The van der Waals surface area contributed by atoms with E-state index < -0.39 is 13.0 Å². The first kappa shape index (κ1) is 11.6. The third kappa shape index (κ3) is 4.51. The summed E-state index contributed by atoms with van der Waals surface area (Å²) in [6.07, 6.45) is -1.94. The summed E-state index contributed by atoms with van der Waals surface area (Å²) in [6, 6.07) is 5.41. The van der Waals surface area contributed by atoms with Gasteiger partial charge in [0.25, 0.3) is 0 Å². The molecule has 5 heteroatoms. The Morgan fingerprint density at radius 2 is 2.07 bits per heavy atom. The minimum absolute atomic E-state index is 0.296. The Hall–Kier alpha value is -1.49. The Bertz CT molecular complexity index is 345.